The molecule has 2 aliphatic rings. The molecule has 0 bridgehead atoms. The van der Waals surface area contributed by atoms with Crippen molar-refractivity contribution in [2.75, 3.05) is 44.2 Å². The Balaban J connectivity index is 1.27. The first-order valence-corrected chi connectivity index (χ1v) is 13.2. The van der Waals surface area contributed by atoms with Crippen molar-refractivity contribution >= 4 is 46.3 Å². The number of nitrogens with zero attached hydrogens (tertiary/aromatic N) is 6. The van der Waals surface area contributed by atoms with Crippen molar-refractivity contribution in [1.29, 1.82) is 0 Å². The van der Waals surface area contributed by atoms with Gasteiger partial charge >= 0.3 is 6.09 Å². The van der Waals surface area contributed by atoms with Crippen LogP contribution in [0.2, 0.25) is 10.0 Å². The highest BCUT2D eigenvalue weighted by molar-refractivity contribution is 6.35. The molecule has 5 rings (SSSR count). The van der Waals surface area contributed by atoms with E-state index in [4.69, 9.17) is 43.4 Å². The lowest BCUT2D eigenvalue weighted by Gasteiger charge is -2.47. The number of carboxylic acid groups (broad SMARTS) is 1. The number of aromatic nitrogens is 4. The maximum Gasteiger partial charge on any atom is 0.404 e. The summed E-state index contributed by atoms with van der Waals surface area (Å²) < 4.78 is 1.90. The number of likely N-dealkylation sites (tertiary alicyclic amines) is 1. The van der Waals surface area contributed by atoms with Crippen LogP contribution in [0.4, 0.5) is 10.6 Å². The lowest BCUT2D eigenvalue weighted by atomic mass is 9.80. The second-order valence-electron chi connectivity index (χ2n) is 9.87. The molecule has 1 amide bonds. The van der Waals surface area contributed by atoms with E-state index in [2.05, 4.69) is 22.0 Å². The molecule has 192 valence electrons. The fourth-order valence-corrected chi connectivity index (χ4v) is 6.00. The Morgan fingerprint density at radius 1 is 1.25 bits per heavy atom. The molecule has 2 atom stereocenters. The first-order valence-electron chi connectivity index (χ1n) is 12.4. The number of amides is 1. The van der Waals surface area contributed by atoms with Crippen LogP contribution in [0.5, 0.6) is 0 Å². The molecule has 2 saturated heterocycles. The zero-order valence-electron chi connectivity index (χ0n) is 20.5. The van der Waals surface area contributed by atoms with Gasteiger partial charge in [0.1, 0.15) is 11.3 Å². The predicted molar refractivity (Wildman–Crippen MR) is 141 cm³/mol. The van der Waals surface area contributed by atoms with Crippen molar-refractivity contribution in [1.82, 2.24) is 30.0 Å². The number of piperidine rings is 1. The van der Waals surface area contributed by atoms with Gasteiger partial charge in [0.25, 0.3) is 0 Å². The number of hydrogen-bond acceptors (Lipinski definition) is 6. The highest BCUT2D eigenvalue weighted by Gasteiger charge is 2.36. The van der Waals surface area contributed by atoms with E-state index in [0.717, 1.165) is 67.4 Å². The normalized spacial score (nSPS) is 19.9. The van der Waals surface area contributed by atoms with Gasteiger partial charge in [-0.2, -0.15) is 5.10 Å². The molecular formula is C25H31Cl2N7O2. The van der Waals surface area contributed by atoms with E-state index in [-0.39, 0.29) is 6.04 Å². The number of fused-ring (bicyclic) bond motifs is 1. The molecule has 9 nitrogen and oxygen atoms in total. The Morgan fingerprint density at radius 3 is 2.81 bits per heavy atom. The highest BCUT2D eigenvalue weighted by Crippen LogP contribution is 2.35. The lowest BCUT2D eigenvalue weighted by molar-refractivity contribution is 0.119. The molecular weight excluding hydrogens is 501 g/mol. The smallest absolute Gasteiger partial charge is 0.404 e. The number of rotatable bonds is 7. The molecule has 1 aromatic carbocycles. The summed E-state index contributed by atoms with van der Waals surface area (Å²) in [6, 6.07) is 5.40. The number of carbonyl (C=O) groups is 1. The summed E-state index contributed by atoms with van der Waals surface area (Å²) in [6.07, 6.45) is 3.27. The molecule has 0 aliphatic carbocycles. The molecule has 0 saturated carbocycles. The van der Waals surface area contributed by atoms with Crippen molar-refractivity contribution in [2.24, 2.45) is 11.8 Å². The van der Waals surface area contributed by atoms with Gasteiger partial charge in [0.2, 0.25) is 0 Å². The van der Waals surface area contributed by atoms with E-state index in [1.54, 1.807) is 6.07 Å². The Hall–Kier alpha value is -2.62. The first kappa shape index (κ1) is 25.0. The minimum Gasteiger partial charge on any atom is -0.465 e. The molecule has 3 aromatic rings. The second kappa shape index (κ2) is 10.4. The van der Waals surface area contributed by atoms with E-state index in [9.17, 15) is 4.79 Å². The van der Waals surface area contributed by atoms with Crippen molar-refractivity contribution in [2.45, 2.75) is 32.7 Å². The molecule has 2 fully saturated rings. The zero-order valence-corrected chi connectivity index (χ0v) is 22.0. The molecule has 1 unspecified atom stereocenters. The van der Waals surface area contributed by atoms with Crippen LogP contribution >= 0.6 is 23.2 Å². The molecule has 2 aliphatic heterocycles. The number of aryl methyl sites for hydroxylation is 1. The van der Waals surface area contributed by atoms with Gasteiger partial charge in [-0.15, -0.1) is 0 Å². The van der Waals surface area contributed by atoms with Gasteiger partial charge in [-0.1, -0.05) is 29.3 Å². The summed E-state index contributed by atoms with van der Waals surface area (Å²) in [5, 5.41) is 17.2. The average Bonchev–Trinajstić information content (AvgIpc) is 3.14. The SMILES string of the molecule is Cc1nn(C(C)c2ccc(Cl)cc2Cl)c2nc(N3CC([C@@H]4CCCN(CCNC(=O)O)C4)C3)cnc12. The van der Waals surface area contributed by atoms with Gasteiger partial charge in [-0.25, -0.2) is 19.4 Å². The minimum atomic E-state index is -0.960. The van der Waals surface area contributed by atoms with Gasteiger partial charge < -0.3 is 20.2 Å². The summed E-state index contributed by atoms with van der Waals surface area (Å²) in [4.78, 5) is 25.1. The van der Waals surface area contributed by atoms with Crippen molar-refractivity contribution < 1.29 is 9.90 Å². The quantitative estimate of drug-likeness (QED) is 0.463. The monoisotopic (exact) mass is 531 g/mol. The number of hydrogen-bond donors (Lipinski definition) is 2. The molecule has 2 N–H and O–H groups in total. The second-order valence-corrected chi connectivity index (χ2v) is 10.7. The van der Waals surface area contributed by atoms with Crippen molar-refractivity contribution in [3.8, 4) is 0 Å². The predicted octanol–water partition coefficient (Wildman–Crippen LogP) is 4.47. The third kappa shape index (κ3) is 5.10. The molecule has 36 heavy (non-hydrogen) atoms. The van der Waals surface area contributed by atoms with Crippen LogP contribution in [0.15, 0.2) is 24.4 Å². The largest absolute Gasteiger partial charge is 0.465 e. The van der Waals surface area contributed by atoms with Crippen LogP contribution in [-0.2, 0) is 0 Å². The molecule has 0 radical (unpaired) electrons. The topological polar surface area (TPSA) is 99.4 Å². The van der Waals surface area contributed by atoms with Crippen molar-refractivity contribution in [3.05, 3.63) is 45.7 Å². The van der Waals surface area contributed by atoms with E-state index < -0.39 is 6.09 Å². The van der Waals surface area contributed by atoms with E-state index in [1.165, 1.54) is 6.42 Å². The summed E-state index contributed by atoms with van der Waals surface area (Å²) >= 11 is 12.6. The van der Waals surface area contributed by atoms with Crippen LogP contribution in [-0.4, -0.2) is 75.1 Å². The molecule has 0 spiro atoms. The fourth-order valence-electron chi connectivity index (χ4n) is 5.43. The van der Waals surface area contributed by atoms with E-state index >= 15 is 0 Å². The maximum absolute atomic E-state index is 10.7. The number of halogens is 2. The van der Waals surface area contributed by atoms with Crippen LogP contribution in [0.25, 0.3) is 11.2 Å². The van der Waals surface area contributed by atoms with Gasteiger partial charge in [0, 0.05) is 42.8 Å². The molecule has 4 heterocycles. The van der Waals surface area contributed by atoms with E-state index in [1.807, 2.05) is 29.9 Å². The number of benzene rings is 1. The van der Waals surface area contributed by atoms with Crippen LogP contribution in [0.1, 0.15) is 37.1 Å². The van der Waals surface area contributed by atoms with Crippen molar-refractivity contribution in [3.63, 3.8) is 0 Å². The first-order chi connectivity index (χ1) is 17.3. The Labute approximate surface area is 220 Å². The van der Waals surface area contributed by atoms with Gasteiger partial charge in [-0.05, 0) is 62.8 Å². The maximum atomic E-state index is 10.7. The summed E-state index contributed by atoms with van der Waals surface area (Å²) in [5.41, 5.74) is 3.32. The third-order valence-electron chi connectivity index (χ3n) is 7.48. The van der Waals surface area contributed by atoms with Crippen LogP contribution in [0, 0.1) is 18.8 Å². The van der Waals surface area contributed by atoms with Gasteiger partial charge in [-0.3, -0.25) is 0 Å². The Kier molecular flexibility index (Phi) is 7.23. The fraction of sp³-hybridized carbons (Fsp3) is 0.520. The average molecular weight is 532 g/mol. The van der Waals surface area contributed by atoms with Gasteiger partial charge in [0.05, 0.1) is 17.9 Å². The summed E-state index contributed by atoms with van der Waals surface area (Å²) in [6.45, 7) is 9.21. The Morgan fingerprint density at radius 2 is 2.06 bits per heavy atom. The summed E-state index contributed by atoms with van der Waals surface area (Å²) in [5.74, 6) is 2.10. The number of nitrogens with one attached hydrogen (secondary N) is 1. The molecule has 2 aromatic heterocycles. The number of anilines is 1. The van der Waals surface area contributed by atoms with E-state index in [0.29, 0.717) is 28.4 Å². The third-order valence-corrected chi connectivity index (χ3v) is 8.05. The standard InChI is InChI=1S/C25H31Cl2N7O2/c1-15-23-24(34(31-15)16(2)20-6-5-19(26)10-21(20)27)30-22(11-29-23)33-13-18(14-33)17-4-3-8-32(12-17)9-7-28-25(35)36/h5-6,10-11,16-18,28H,3-4,7-9,12-14H2,1-2H3,(H,35,36)/t16?,17-/m1/s1. The summed E-state index contributed by atoms with van der Waals surface area (Å²) in [7, 11) is 0. The van der Waals surface area contributed by atoms with Gasteiger partial charge in [0.15, 0.2) is 5.65 Å². The van der Waals surface area contributed by atoms with Crippen LogP contribution in [0.3, 0.4) is 0 Å². The zero-order chi connectivity index (χ0) is 25.4. The lowest BCUT2D eigenvalue weighted by Crippen LogP contribution is -2.54. The Bertz CT molecular complexity index is 1260. The molecule has 11 heteroatoms. The minimum absolute atomic E-state index is 0.122. The highest BCUT2D eigenvalue weighted by atomic mass is 35.5. The van der Waals surface area contributed by atoms with Crippen LogP contribution < -0.4 is 10.2 Å².